The Labute approximate surface area is 130 Å². The predicted octanol–water partition coefficient (Wildman–Crippen LogP) is -0.693. The Balaban J connectivity index is 4.12. The van der Waals surface area contributed by atoms with Crippen molar-refractivity contribution in [2.75, 3.05) is 0 Å². The molecule has 126 valence electrons. The monoisotopic (exact) mass is 314 g/mol. The molecule has 0 bridgehead atoms. The fourth-order valence-corrected chi connectivity index (χ4v) is 2.07. The van der Waals surface area contributed by atoms with Crippen molar-refractivity contribution in [2.24, 2.45) is 11.5 Å². The van der Waals surface area contributed by atoms with Gasteiger partial charge in [-0.15, -0.1) is 0 Å². The molecule has 0 aromatic rings. The second-order valence-corrected chi connectivity index (χ2v) is 5.49. The van der Waals surface area contributed by atoms with Gasteiger partial charge in [0.25, 0.3) is 0 Å². The van der Waals surface area contributed by atoms with E-state index in [0.29, 0.717) is 38.5 Å². The average Bonchev–Trinajstić information content (AvgIpc) is 2.43. The van der Waals surface area contributed by atoms with Crippen LogP contribution in [-0.2, 0) is 19.2 Å². The SMILES string of the molecule is CC(=O)C(N)(CCCCCCC(N)(NC=O)C(C)=O)NC=O. The molecule has 2 atom stereocenters. The van der Waals surface area contributed by atoms with Crippen LogP contribution in [0.4, 0.5) is 0 Å². The van der Waals surface area contributed by atoms with Gasteiger partial charge in [-0.3, -0.25) is 19.2 Å². The Kier molecular flexibility index (Phi) is 8.51. The molecular weight excluding hydrogens is 288 g/mol. The Morgan fingerprint density at radius 3 is 1.36 bits per heavy atom. The number of nitrogens with two attached hydrogens (primary N) is 2. The quantitative estimate of drug-likeness (QED) is 0.201. The second-order valence-electron chi connectivity index (χ2n) is 5.49. The summed E-state index contributed by atoms with van der Waals surface area (Å²) in [6.45, 7) is 2.66. The van der Waals surface area contributed by atoms with Gasteiger partial charge in [-0.1, -0.05) is 12.8 Å². The molecule has 0 fully saturated rings. The van der Waals surface area contributed by atoms with Gasteiger partial charge in [0.1, 0.15) is 11.3 Å². The summed E-state index contributed by atoms with van der Waals surface area (Å²) in [6, 6.07) is 0. The van der Waals surface area contributed by atoms with E-state index < -0.39 is 11.3 Å². The molecule has 0 heterocycles. The van der Waals surface area contributed by atoms with E-state index in [1.165, 1.54) is 13.8 Å². The number of unbranched alkanes of at least 4 members (excludes halogenated alkanes) is 3. The van der Waals surface area contributed by atoms with Crippen molar-refractivity contribution in [3.8, 4) is 0 Å². The van der Waals surface area contributed by atoms with Crippen LogP contribution in [-0.4, -0.2) is 35.7 Å². The molecule has 0 aromatic carbocycles. The topological polar surface area (TPSA) is 144 Å². The molecule has 0 rings (SSSR count). The van der Waals surface area contributed by atoms with Gasteiger partial charge in [0.15, 0.2) is 11.6 Å². The first-order valence-corrected chi connectivity index (χ1v) is 7.24. The smallest absolute Gasteiger partial charge is 0.208 e. The lowest BCUT2D eigenvalue weighted by Crippen LogP contribution is -2.58. The number of nitrogens with one attached hydrogen (secondary N) is 2. The molecule has 0 saturated heterocycles. The number of amides is 2. The number of ketones is 2. The number of carbonyl (C=O) groups is 4. The van der Waals surface area contributed by atoms with Crippen LogP contribution in [0.1, 0.15) is 52.4 Å². The first-order chi connectivity index (χ1) is 10.2. The molecule has 0 aliphatic heterocycles. The average molecular weight is 314 g/mol. The first-order valence-electron chi connectivity index (χ1n) is 7.24. The maximum Gasteiger partial charge on any atom is 0.208 e. The summed E-state index contributed by atoms with van der Waals surface area (Å²) in [6.07, 6.45) is 4.35. The van der Waals surface area contributed by atoms with Gasteiger partial charge in [-0.25, -0.2) is 0 Å². The van der Waals surface area contributed by atoms with E-state index in [2.05, 4.69) is 10.6 Å². The molecule has 2 unspecified atom stereocenters. The number of hydrogen-bond donors (Lipinski definition) is 4. The van der Waals surface area contributed by atoms with E-state index in [0.717, 1.165) is 12.8 Å². The van der Waals surface area contributed by atoms with Crippen LogP contribution in [0.3, 0.4) is 0 Å². The number of Topliss-reactive ketones (excluding diaryl/α,β-unsaturated/α-hetero) is 2. The van der Waals surface area contributed by atoms with Crippen molar-refractivity contribution in [2.45, 2.75) is 63.7 Å². The van der Waals surface area contributed by atoms with E-state index >= 15 is 0 Å². The minimum atomic E-state index is -1.32. The lowest BCUT2D eigenvalue weighted by atomic mass is 9.95. The standard InChI is InChI=1S/C14H26N4O4/c1-11(21)13(15,17-9-19)7-5-3-4-6-8-14(16,12(2)22)18-10-20/h9-10H,3-8,15-16H2,1-2H3,(H,17,19)(H,18,20). The molecular formula is C14H26N4O4. The van der Waals surface area contributed by atoms with Crippen molar-refractivity contribution >= 4 is 24.4 Å². The Hall–Kier alpha value is -1.80. The Bertz CT molecular complexity index is 378. The van der Waals surface area contributed by atoms with E-state index in [1.807, 2.05) is 0 Å². The first kappa shape index (κ1) is 20.2. The van der Waals surface area contributed by atoms with Crippen LogP contribution in [0.5, 0.6) is 0 Å². The molecule has 0 aliphatic rings. The molecule has 22 heavy (non-hydrogen) atoms. The second kappa shape index (κ2) is 9.26. The fraction of sp³-hybridized carbons (Fsp3) is 0.714. The van der Waals surface area contributed by atoms with Crippen LogP contribution < -0.4 is 22.1 Å². The molecule has 0 saturated carbocycles. The fourth-order valence-electron chi connectivity index (χ4n) is 2.07. The highest BCUT2D eigenvalue weighted by Gasteiger charge is 2.30. The van der Waals surface area contributed by atoms with Crippen molar-refractivity contribution in [3.63, 3.8) is 0 Å². The van der Waals surface area contributed by atoms with E-state index in [4.69, 9.17) is 11.5 Å². The molecule has 8 nitrogen and oxygen atoms in total. The van der Waals surface area contributed by atoms with E-state index in [-0.39, 0.29) is 11.6 Å². The minimum Gasteiger partial charge on any atom is -0.334 e. The van der Waals surface area contributed by atoms with Gasteiger partial charge in [0, 0.05) is 0 Å². The van der Waals surface area contributed by atoms with Crippen LogP contribution >= 0.6 is 0 Å². The largest absolute Gasteiger partial charge is 0.334 e. The maximum absolute atomic E-state index is 11.4. The lowest BCUT2D eigenvalue weighted by Gasteiger charge is -2.26. The molecule has 0 aromatic heterocycles. The highest BCUT2D eigenvalue weighted by molar-refractivity contribution is 5.87. The molecule has 0 radical (unpaired) electrons. The van der Waals surface area contributed by atoms with E-state index in [1.54, 1.807) is 0 Å². The molecule has 0 spiro atoms. The van der Waals surface area contributed by atoms with Crippen molar-refractivity contribution in [3.05, 3.63) is 0 Å². The third-order valence-corrected chi connectivity index (χ3v) is 3.78. The summed E-state index contributed by atoms with van der Waals surface area (Å²) in [7, 11) is 0. The minimum absolute atomic E-state index is 0.299. The summed E-state index contributed by atoms with van der Waals surface area (Å²) in [5.41, 5.74) is 8.98. The summed E-state index contributed by atoms with van der Waals surface area (Å²) < 4.78 is 0. The zero-order chi connectivity index (χ0) is 17.2. The van der Waals surface area contributed by atoms with Gasteiger partial charge in [0.05, 0.1) is 0 Å². The van der Waals surface area contributed by atoms with Crippen LogP contribution in [0.2, 0.25) is 0 Å². The van der Waals surface area contributed by atoms with E-state index in [9.17, 15) is 19.2 Å². The summed E-state index contributed by atoms with van der Waals surface area (Å²) in [5.74, 6) is -0.598. The zero-order valence-electron chi connectivity index (χ0n) is 13.2. The van der Waals surface area contributed by atoms with Crippen LogP contribution in [0, 0.1) is 0 Å². The highest BCUT2D eigenvalue weighted by atomic mass is 16.2. The third kappa shape index (κ3) is 6.31. The molecule has 0 aliphatic carbocycles. The number of carbonyl (C=O) groups excluding carboxylic acids is 4. The Morgan fingerprint density at radius 2 is 1.14 bits per heavy atom. The van der Waals surface area contributed by atoms with Crippen molar-refractivity contribution < 1.29 is 19.2 Å². The summed E-state index contributed by atoms with van der Waals surface area (Å²) in [4.78, 5) is 43.8. The zero-order valence-corrected chi connectivity index (χ0v) is 13.2. The molecule has 8 heteroatoms. The predicted molar refractivity (Wildman–Crippen MR) is 81.3 cm³/mol. The van der Waals surface area contributed by atoms with Gasteiger partial charge >= 0.3 is 0 Å². The van der Waals surface area contributed by atoms with Gasteiger partial charge in [-0.05, 0) is 39.5 Å². The maximum atomic E-state index is 11.4. The number of hydrogen-bond acceptors (Lipinski definition) is 6. The van der Waals surface area contributed by atoms with Crippen molar-refractivity contribution in [1.29, 1.82) is 0 Å². The van der Waals surface area contributed by atoms with Crippen LogP contribution in [0.15, 0.2) is 0 Å². The number of rotatable bonds is 13. The highest BCUT2D eigenvalue weighted by Crippen LogP contribution is 2.15. The normalized spacial score (nSPS) is 16.0. The van der Waals surface area contributed by atoms with Gasteiger partial charge < -0.3 is 22.1 Å². The Morgan fingerprint density at radius 1 is 0.818 bits per heavy atom. The third-order valence-electron chi connectivity index (χ3n) is 3.78. The van der Waals surface area contributed by atoms with Crippen molar-refractivity contribution in [1.82, 2.24) is 10.6 Å². The van der Waals surface area contributed by atoms with Crippen LogP contribution in [0.25, 0.3) is 0 Å². The summed E-state index contributed by atoms with van der Waals surface area (Å²) >= 11 is 0. The molecule has 2 amide bonds. The molecule has 6 N–H and O–H groups in total. The summed E-state index contributed by atoms with van der Waals surface area (Å²) in [5, 5.41) is 4.68. The van der Waals surface area contributed by atoms with Gasteiger partial charge in [0.2, 0.25) is 12.8 Å². The lowest BCUT2D eigenvalue weighted by molar-refractivity contribution is -0.127. The van der Waals surface area contributed by atoms with Gasteiger partial charge in [-0.2, -0.15) is 0 Å².